The molecule has 0 aromatic rings. The van der Waals surface area contributed by atoms with Crippen LogP contribution in [0.25, 0.3) is 0 Å². The Morgan fingerprint density at radius 2 is 2.00 bits per heavy atom. The molecule has 0 saturated carbocycles. The number of rotatable bonds is 4. The van der Waals surface area contributed by atoms with E-state index in [-0.39, 0.29) is 11.4 Å². The van der Waals surface area contributed by atoms with Crippen LogP contribution in [0.2, 0.25) is 0 Å². The molecular formula is C13H25N3O2. The van der Waals surface area contributed by atoms with Gasteiger partial charge < -0.3 is 15.4 Å². The maximum absolute atomic E-state index is 11.5. The monoisotopic (exact) mass is 255 g/mol. The fourth-order valence-corrected chi connectivity index (χ4v) is 1.57. The molecule has 104 valence electrons. The minimum Gasteiger partial charge on any atom is -0.379 e. The van der Waals surface area contributed by atoms with Gasteiger partial charge in [0.2, 0.25) is 0 Å². The highest BCUT2D eigenvalue weighted by molar-refractivity contribution is 5.74. The number of allylic oxidation sites excluding steroid dienone is 1. The summed E-state index contributed by atoms with van der Waals surface area (Å²) in [6.07, 6.45) is 3.67. The maximum atomic E-state index is 11.5. The van der Waals surface area contributed by atoms with E-state index in [1.54, 1.807) is 6.20 Å². The number of morpholine rings is 1. The van der Waals surface area contributed by atoms with Gasteiger partial charge in [0.05, 0.1) is 13.2 Å². The van der Waals surface area contributed by atoms with E-state index < -0.39 is 0 Å². The van der Waals surface area contributed by atoms with Crippen LogP contribution in [0.1, 0.15) is 20.8 Å². The molecule has 2 N–H and O–H groups in total. The van der Waals surface area contributed by atoms with Gasteiger partial charge in [0.15, 0.2) is 0 Å². The van der Waals surface area contributed by atoms with Crippen LogP contribution in [0.3, 0.4) is 0 Å². The zero-order valence-electron chi connectivity index (χ0n) is 11.7. The summed E-state index contributed by atoms with van der Waals surface area (Å²) in [5.41, 5.74) is 0.0844. The minimum absolute atomic E-state index is 0.0844. The van der Waals surface area contributed by atoms with E-state index in [1.807, 2.05) is 6.08 Å². The molecule has 0 unspecified atom stereocenters. The molecule has 5 nitrogen and oxygen atoms in total. The minimum atomic E-state index is -0.149. The normalized spacial score (nSPS) is 17.9. The van der Waals surface area contributed by atoms with Crippen molar-refractivity contribution >= 4 is 6.03 Å². The van der Waals surface area contributed by atoms with Crippen molar-refractivity contribution in [3.63, 3.8) is 0 Å². The SMILES string of the molecule is CC(C)(C)/C=C/NC(=O)NCCN1CCOCC1. The molecule has 1 aliphatic heterocycles. The van der Waals surface area contributed by atoms with Crippen molar-refractivity contribution in [2.45, 2.75) is 20.8 Å². The van der Waals surface area contributed by atoms with Gasteiger partial charge in [-0.05, 0) is 5.41 Å². The van der Waals surface area contributed by atoms with E-state index in [0.29, 0.717) is 6.54 Å². The molecule has 1 heterocycles. The molecule has 0 aromatic carbocycles. The predicted molar refractivity (Wildman–Crippen MR) is 72.4 cm³/mol. The van der Waals surface area contributed by atoms with E-state index in [9.17, 15) is 4.79 Å². The number of nitrogens with zero attached hydrogens (tertiary/aromatic N) is 1. The van der Waals surface area contributed by atoms with Crippen LogP contribution in [0.15, 0.2) is 12.3 Å². The van der Waals surface area contributed by atoms with Gasteiger partial charge in [-0.3, -0.25) is 4.90 Å². The lowest BCUT2D eigenvalue weighted by Crippen LogP contribution is -2.42. The molecule has 18 heavy (non-hydrogen) atoms. The molecule has 1 aliphatic rings. The quantitative estimate of drug-likeness (QED) is 0.793. The van der Waals surface area contributed by atoms with E-state index >= 15 is 0 Å². The van der Waals surface area contributed by atoms with Crippen LogP contribution in [-0.2, 0) is 4.74 Å². The van der Waals surface area contributed by atoms with Gasteiger partial charge in [-0.2, -0.15) is 0 Å². The number of carbonyl (C=O) groups excluding carboxylic acids is 1. The van der Waals surface area contributed by atoms with Crippen LogP contribution in [0, 0.1) is 5.41 Å². The summed E-state index contributed by atoms with van der Waals surface area (Å²) in [6, 6.07) is -0.149. The van der Waals surface area contributed by atoms with Gasteiger partial charge in [0.25, 0.3) is 0 Å². The Labute approximate surface area is 110 Å². The first-order valence-corrected chi connectivity index (χ1v) is 6.49. The van der Waals surface area contributed by atoms with Gasteiger partial charge in [-0.15, -0.1) is 0 Å². The average Bonchev–Trinajstić information content (AvgIpc) is 2.28. The Kier molecular flexibility index (Phi) is 6.15. The van der Waals surface area contributed by atoms with Crippen molar-refractivity contribution < 1.29 is 9.53 Å². The van der Waals surface area contributed by atoms with E-state index in [1.165, 1.54) is 0 Å². The Balaban J connectivity index is 2.08. The number of amides is 2. The molecule has 1 fully saturated rings. The van der Waals surface area contributed by atoms with Gasteiger partial charge >= 0.3 is 6.03 Å². The van der Waals surface area contributed by atoms with Crippen molar-refractivity contribution in [2.75, 3.05) is 39.4 Å². The molecule has 0 atom stereocenters. The number of urea groups is 1. The Morgan fingerprint density at radius 3 is 2.61 bits per heavy atom. The van der Waals surface area contributed by atoms with E-state index in [4.69, 9.17) is 4.74 Å². The standard InChI is InChI=1S/C13H25N3O2/c1-13(2,3)4-5-14-12(17)15-6-7-16-8-10-18-11-9-16/h4-5H,6-11H2,1-3H3,(H2,14,15,17)/b5-4+. The van der Waals surface area contributed by atoms with Crippen molar-refractivity contribution in [1.29, 1.82) is 0 Å². The third-order valence-corrected chi connectivity index (χ3v) is 2.62. The summed E-state index contributed by atoms with van der Waals surface area (Å²) < 4.78 is 5.26. The maximum Gasteiger partial charge on any atom is 0.318 e. The molecule has 1 rings (SSSR count). The first-order chi connectivity index (χ1) is 8.47. The van der Waals surface area contributed by atoms with Gasteiger partial charge in [0, 0.05) is 32.4 Å². The highest BCUT2D eigenvalue weighted by atomic mass is 16.5. The summed E-state index contributed by atoms with van der Waals surface area (Å²) in [4.78, 5) is 13.7. The first kappa shape index (κ1) is 15.0. The summed E-state index contributed by atoms with van der Waals surface area (Å²) in [6.45, 7) is 11.3. The van der Waals surface area contributed by atoms with Gasteiger partial charge in [-0.25, -0.2) is 4.79 Å². The van der Waals surface area contributed by atoms with Gasteiger partial charge in [-0.1, -0.05) is 26.8 Å². The number of nitrogens with one attached hydrogen (secondary N) is 2. The van der Waals surface area contributed by atoms with Crippen molar-refractivity contribution in [1.82, 2.24) is 15.5 Å². The number of hydrogen-bond donors (Lipinski definition) is 2. The van der Waals surface area contributed by atoms with Crippen molar-refractivity contribution in [3.05, 3.63) is 12.3 Å². The van der Waals surface area contributed by atoms with E-state index in [2.05, 4.69) is 36.3 Å². The fourth-order valence-electron chi connectivity index (χ4n) is 1.57. The third kappa shape index (κ3) is 7.29. The van der Waals surface area contributed by atoms with Gasteiger partial charge in [0.1, 0.15) is 0 Å². The number of hydrogen-bond acceptors (Lipinski definition) is 3. The lowest BCUT2D eigenvalue weighted by atomic mass is 9.97. The number of carbonyl (C=O) groups is 1. The second-order valence-electron chi connectivity index (χ2n) is 5.55. The zero-order chi connectivity index (χ0) is 13.4. The first-order valence-electron chi connectivity index (χ1n) is 6.49. The molecule has 0 aromatic heterocycles. The van der Waals surface area contributed by atoms with Crippen LogP contribution in [-0.4, -0.2) is 50.3 Å². The summed E-state index contributed by atoms with van der Waals surface area (Å²) in [5, 5.41) is 5.54. The Bertz CT molecular complexity index is 278. The van der Waals surface area contributed by atoms with Crippen LogP contribution in [0.4, 0.5) is 4.79 Å². The predicted octanol–water partition coefficient (Wildman–Crippen LogP) is 1.18. The lowest BCUT2D eigenvalue weighted by Gasteiger charge is -2.26. The molecule has 0 bridgehead atoms. The molecule has 5 heteroatoms. The molecule has 0 spiro atoms. The van der Waals surface area contributed by atoms with E-state index in [0.717, 1.165) is 32.8 Å². The topological polar surface area (TPSA) is 53.6 Å². The van der Waals surface area contributed by atoms with Crippen LogP contribution < -0.4 is 10.6 Å². The molecule has 0 aliphatic carbocycles. The summed E-state index contributed by atoms with van der Waals surface area (Å²) in [7, 11) is 0. The lowest BCUT2D eigenvalue weighted by molar-refractivity contribution is 0.0387. The summed E-state index contributed by atoms with van der Waals surface area (Å²) in [5.74, 6) is 0. The average molecular weight is 255 g/mol. The van der Waals surface area contributed by atoms with Crippen molar-refractivity contribution in [3.8, 4) is 0 Å². The Hall–Kier alpha value is -1.07. The second kappa shape index (κ2) is 7.38. The van der Waals surface area contributed by atoms with Crippen LogP contribution in [0.5, 0.6) is 0 Å². The highest BCUT2D eigenvalue weighted by Crippen LogP contribution is 2.13. The Morgan fingerprint density at radius 1 is 1.33 bits per heavy atom. The zero-order valence-corrected chi connectivity index (χ0v) is 11.7. The third-order valence-electron chi connectivity index (χ3n) is 2.62. The smallest absolute Gasteiger partial charge is 0.318 e. The van der Waals surface area contributed by atoms with Crippen molar-refractivity contribution in [2.24, 2.45) is 5.41 Å². The molecule has 1 saturated heterocycles. The number of ether oxygens (including phenoxy) is 1. The van der Waals surface area contributed by atoms with Crippen LogP contribution >= 0.6 is 0 Å². The molecule has 0 radical (unpaired) electrons. The molecule has 2 amide bonds. The summed E-state index contributed by atoms with van der Waals surface area (Å²) >= 11 is 0. The largest absolute Gasteiger partial charge is 0.379 e. The fraction of sp³-hybridized carbons (Fsp3) is 0.769. The highest BCUT2D eigenvalue weighted by Gasteiger charge is 2.09. The molecular weight excluding hydrogens is 230 g/mol. The second-order valence-corrected chi connectivity index (χ2v) is 5.55.